The molecule has 0 aromatic carbocycles. The number of nitrogens with one attached hydrogen (secondary N) is 3. The zero-order valence-corrected chi connectivity index (χ0v) is 58.5. The molecule has 2 amide bonds. The number of esters is 3. The van der Waals surface area contributed by atoms with Crippen molar-refractivity contribution in [3.8, 4) is 0 Å². The molecular weight excluding hydrogens is 1110 g/mol. The largest absolute Gasteiger partial charge is 0.481 e. The maximum atomic E-state index is 15.7. The smallest absolute Gasteiger partial charge is 0.342 e. The van der Waals surface area contributed by atoms with E-state index < -0.39 is 46.4 Å². The Morgan fingerprint density at radius 3 is 1.49 bits per heavy atom. The van der Waals surface area contributed by atoms with Gasteiger partial charge in [0.05, 0.1) is 23.5 Å². The minimum Gasteiger partial charge on any atom is -0.481 e. The van der Waals surface area contributed by atoms with Crippen molar-refractivity contribution in [2.45, 2.75) is 247 Å². The van der Waals surface area contributed by atoms with Crippen molar-refractivity contribution in [3.63, 3.8) is 0 Å². The number of thioether (sulfide) groups is 2. The maximum absolute atomic E-state index is 15.7. The van der Waals surface area contributed by atoms with Crippen LogP contribution in [0.25, 0.3) is 6.08 Å². The predicted molar refractivity (Wildman–Crippen MR) is 350 cm³/mol. The van der Waals surface area contributed by atoms with Crippen LogP contribution in [0.4, 0.5) is 5.82 Å². The van der Waals surface area contributed by atoms with E-state index in [0.29, 0.717) is 85.7 Å². The SMILES string of the molecule is CCC(C)(C)C(=O)OCCCC(CC)(CC)C(=O)NC1=NC(=Cc2[nH]c(NC(=O)C(CC)(CC)CC)c(C(=O)OC3C(C(C)(C)C)CC(C)CC3C(C)(C)C)c2CSCC(=O)O)C(CSC)=C1C(=O)OC1C(C(C)(C)C)CC(C)CC1C(C)(C)C. The number of hydrogen-bond acceptors (Lipinski definition) is 12. The van der Waals surface area contributed by atoms with Crippen LogP contribution in [0.2, 0.25) is 0 Å². The third-order valence-corrected chi connectivity index (χ3v) is 21.6. The molecule has 2 aliphatic carbocycles. The number of allylic oxidation sites excluding steroid dienone is 1. The first-order chi connectivity index (χ1) is 39.3. The number of rotatable bonds is 25. The molecule has 4 N–H and O–H groups in total. The summed E-state index contributed by atoms with van der Waals surface area (Å²) >= 11 is 2.59. The number of carboxylic acids is 1. The van der Waals surface area contributed by atoms with Crippen LogP contribution in [0, 0.1) is 73.4 Å². The minimum absolute atomic E-state index is 0.00360. The van der Waals surface area contributed by atoms with Gasteiger partial charge in [0.2, 0.25) is 11.8 Å². The highest BCUT2D eigenvalue weighted by molar-refractivity contribution is 7.99. The Labute approximate surface area is 521 Å². The van der Waals surface area contributed by atoms with E-state index in [4.69, 9.17) is 19.2 Å². The fraction of sp³-hybridized carbons (Fsp3) is 0.783. The molecule has 4 unspecified atom stereocenters. The topological polar surface area (TPSA) is 203 Å². The number of carboxylic acid groups (broad SMARTS) is 1. The monoisotopic (exact) mass is 1220 g/mol. The van der Waals surface area contributed by atoms with Crippen molar-refractivity contribution >= 4 is 76.9 Å². The van der Waals surface area contributed by atoms with E-state index in [1.807, 2.05) is 61.6 Å². The van der Waals surface area contributed by atoms with E-state index in [2.05, 4.69) is 113 Å². The van der Waals surface area contributed by atoms with Gasteiger partial charge in [0.25, 0.3) is 0 Å². The van der Waals surface area contributed by atoms with Crippen LogP contribution >= 0.6 is 23.5 Å². The van der Waals surface area contributed by atoms with Gasteiger partial charge in [-0.2, -0.15) is 11.8 Å². The predicted octanol–water partition coefficient (Wildman–Crippen LogP) is 16.5. The maximum Gasteiger partial charge on any atom is 0.342 e. The van der Waals surface area contributed by atoms with Crippen molar-refractivity contribution < 1.29 is 48.1 Å². The molecule has 0 spiro atoms. The molecule has 2 saturated carbocycles. The van der Waals surface area contributed by atoms with Gasteiger partial charge in [-0.25, -0.2) is 14.6 Å². The van der Waals surface area contributed by atoms with Crippen molar-refractivity contribution in [2.75, 3.05) is 29.7 Å². The summed E-state index contributed by atoms with van der Waals surface area (Å²) in [7, 11) is 0. The Bertz CT molecular complexity index is 2550. The van der Waals surface area contributed by atoms with Gasteiger partial charge in [-0.1, -0.05) is 138 Å². The van der Waals surface area contributed by atoms with E-state index in [9.17, 15) is 19.5 Å². The molecule has 85 heavy (non-hydrogen) atoms. The van der Waals surface area contributed by atoms with Gasteiger partial charge in [-0.05, 0) is 137 Å². The van der Waals surface area contributed by atoms with E-state index in [1.54, 1.807) is 6.08 Å². The first kappa shape index (κ1) is 73.4. The summed E-state index contributed by atoms with van der Waals surface area (Å²) in [5.41, 5.74) is -1.37. The Morgan fingerprint density at radius 2 is 1.08 bits per heavy atom. The van der Waals surface area contributed by atoms with Gasteiger partial charge >= 0.3 is 23.9 Å². The Morgan fingerprint density at radius 1 is 0.635 bits per heavy atom. The van der Waals surface area contributed by atoms with Gasteiger partial charge in [-0.3, -0.25) is 19.2 Å². The summed E-state index contributed by atoms with van der Waals surface area (Å²) in [5.74, 6) is -2.10. The van der Waals surface area contributed by atoms with Gasteiger partial charge in [-0.15, -0.1) is 11.8 Å². The first-order valence-corrected chi connectivity index (χ1v) is 34.6. The number of aliphatic imine (C=N–C) groups is 1. The second kappa shape index (κ2) is 29.5. The molecule has 2 fully saturated rings. The van der Waals surface area contributed by atoms with Crippen LogP contribution in [-0.2, 0) is 43.9 Å². The number of hydrogen-bond donors (Lipinski definition) is 4. The van der Waals surface area contributed by atoms with Gasteiger partial charge in [0, 0.05) is 62.8 Å². The third kappa shape index (κ3) is 17.9. The highest BCUT2D eigenvalue weighted by atomic mass is 32.2. The van der Waals surface area contributed by atoms with Crippen LogP contribution in [0.15, 0.2) is 21.8 Å². The van der Waals surface area contributed by atoms with Crippen molar-refractivity contribution in [3.05, 3.63) is 33.7 Å². The number of aromatic amines is 1. The third-order valence-electron chi connectivity index (χ3n) is 20.1. The number of H-pyrrole nitrogens is 1. The van der Waals surface area contributed by atoms with E-state index in [-0.39, 0.29) is 110 Å². The Kier molecular flexibility index (Phi) is 25.5. The summed E-state index contributed by atoms with van der Waals surface area (Å²) in [6.07, 6.45) is 10.2. The van der Waals surface area contributed by atoms with Crippen molar-refractivity contribution in [2.24, 2.45) is 78.4 Å². The number of ether oxygens (including phenoxy) is 3. The number of amidine groups is 1. The number of carbonyl (C=O) groups is 6. The first-order valence-electron chi connectivity index (χ1n) is 32.1. The van der Waals surface area contributed by atoms with Gasteiger partial charge in [0.1, 0.15) is 35.0 Å². The molecule has 0 saturated heterocycles. The van der Waals surface area contributed by atoms with E-state index >= 15 is 14.4 Å². The zero-order chi connectivity index (χ0) is 64.6. The molecule has 1 aliphatic heterocycles. The second-order valence-corrected chi connectivity index (χ2v) is 32.3. The van der Waals surface area contributed by atoms with Gasteiger partial charge in [0.15, 0.2) is 0 Å². The molecule has 482 valence electrons. The van der Waals surface area contributed by atoms with Crippen LogP contribution in [-0.4, -0.2) is 88.2 Å². The fourth-order valence-electron chi connectivity index (χ4n) is 13.5. The lowest BCUT2D eigenvalue weighted by Crippen LogP contribution is -2.50. The summed E-state index contributed by atoms with van der Waals surface area (Å²) in [5, 5.41) is 16.4. The molecule has 14 nitrogen and oxygen atoms in total. The Balaban J connectivity index is 2.11. The molecule has 4 atom stereocenters. The molecule has 16 heteroatoms. The van der Waals surface area contributed by atoms with Crippen molar-refractivity contribution in [1.29, 1.82) is 0 Å². The molecule has 4 rings (SSSR count). The lowest BCUT2D eigenvalue weighted by Gasteiger charge is -2.50. The van der Waals surface area contributed by atoms with Crippen LogP contribution < -0.4 is 10.6 Å². The molecule has 2 heterocycles. The van der Waals surface area contributed by atoms with E-state index in [0.717, 1.165) is 37.4 Å². The summed E-state index contributed by atoms with van der Waals surface area (Å²) < 4.78 is 19.7. The number of anilines is 1. The molecule has 0 radical (unpaired) electrons. The van der Waals surface area contributed by atoms with Crippen molar-refractivity contribution in [1.82, 2.24) is 10.3 Å². The molecular formula is C69H114N4O10S2. The normalized spacial score (nSPS) is 23.4. The molecule has 1 aromatic rings. The highest BCUT2D eigenvalue weighted by Gasteiger charge is 2.51. The summed E-state index contributed by atoms with van der Waals surface area (Å²) in [6.45, 7) is 46.6. The quantitative estimate of drug-likeness (QED) is 0.0410. The average Bonchev–Trinajstić information content (AvgIpc) is 2.12. The molecule has 1 aromatic heterocycles. The van der Waals surface area contributed by atoms with E-state index in [1.165, 1.54) is 11.8 Å². The fourth-order valence-corrected chi connectivity index (χ4v) is 14.9. The zero-order valence-electron chi connectivity index (χ0n) is 56.9. The van der Waals surface area contributed by atoms with Crippen LogP contribution in [0.5, 0.6) is 0 Å². The molecule has 0 bridgehead atoms. The molecule has 3 aliphatic rings. The standard InChI is InChI=1S/C69H114N4O10S2/c1-24-67(21,22)62(80)81-32-30-31-69(28-5,29-6)61(79)73-56-52(58(76)82-54-45(63(9,10)11)33-41(7)34-46(54)64(12,13)14)43(38-84-23)49(70-56)37-50-44(39-85-40-51(74)75)53(57(71-50)72-60(78)68(25-2,26-3)27-4)59(77)83-55-47(65(15,16)17)35-42(8)36-48(55)66(18,19)20/h37,41-42,45-48,54-55,71H,24-36,38-40H2,1-23H3,(H,72,78)(H,74,75)(H,70,73,79). The van der Waals surface area contributed by atoms with Crippen LogP contribution in [0.3, 0.4) is 0 Å². The minimum atomic E-state index is -1.03. The average molecular weight is 1220 g/mol. The lowest BCUT2D eigenvalue weighted by molar-refractivity contribution is -0.164. The summed E-state index contributed by atoms with van der Waals surface area (Å²) in [6, 6.07) is 0. The summed E-state index contributed by atoms with van der Waals surface area (Å²) in [4.78, 5) is 95.4. The highest BCUT2D eigenvalue weighted by Crippen LogP contribution is 2.52. The lowest BCUT2D eigenvalue weighted by atomic mass is 9.59. The number of aliphatic carboxylic acids is 1. The number of carbonyl (C=O) groups excluding carboxylic acids is 5. The van der Waals surface area contributed by atoms with Gasteiger partial charge < -0.3 is 34.9 Å². The second-order valence-electron chi connectivity index (χ2n) is 30.4. The Hall–Kier alpha value is -4.05. The number of nitrogens with zero attached hydrogens (tertiary/aromatic N) is 1. The number of aromatic nitrogens is 1. The number of amides is 2. The van der Waals surface area contributed by atoms with Crippen LogP contribution in [0.1, 0.15) is 251 Å².